The maximum Gasteiger partial charge on any atom is 0.243 e. The first-order valence-corrected chi connectivity index (χ1v) is 11.0. The van der Waals surface area contributed by atoms with Gasteiger partial charge in [0.1, 0.15) is 5.03 Å². The summed E-state index contributed by atoms with van der Waals surface area (Å²) < 4.78 is 34.6. The van der Waals surface area contributed by atoms with Crippen LogP contribution in [0.3, 0.4) is 0 Å². The molecule has 0 amide bonds. The van der Waals surface area contributed by atoms with E-state index in [1.807, 2.05) is 6.92 Å². The molecule has 1 atom stereocenters. The lowest BCUT2D eigenvalue weighted by atomic mass is 9.89. The summed E-state index contributed by atoms with van der Waals surface area (Å²) in [5.41, 5.74) is -1.33. The van der Waals surface area contributed by atoms with Crippen LogP contribution in [0, 0.1) is 0 Å². The van der Waals surface area contributed by atoms with E-state index < -0.39 is 21.5 Å². The summed E-state index contributed by atoms with van der Waals surface area (Å²) in [6, 6.07) is 12.1. The van der Waals surface area contributed by atoms with Crippen LogP contribution in [0.5, 0.6) is 0 Å². The van der Waals surface area contributed by atoms with Crippen LogP contribution < -0.4 is 4.72 Å². The average molecular weight is 461 g/mol. The Balaban J connectivity index is 2.20. The maximum absolute atomic E-state index is 13.1. The fraction of sp³-hybridized carbons (Fsp3) is 0.211. The number of carbonyl (C=O) groups excluding carboxylic acids is 1. The molecule has 1 N–H and O–H groups in total. The first-order chi connectivity index (χ1) is 13.2. The van der Waals surface area contributed by atoms with Crippen LogP contribution in [-0.4, -0.2) is 20.8 Å². The second-order valence-corrected chi connectivity index (χ2v) is 8.97. The number of hydrogen-bond acceptors (Lipinski definition) is 4. The van der Waals surface area contributed by atoms with E-state index in [4.69, 9.17) is 39.5 Å². The van der Waals surface area contributed by atoms with E-state index in [0.29, 0.717) is 11.4 Å². The SMILES string of the molecule is CCCO[C@]1(NS(=O)(=O)c2ccc(Cl)cc2)C(Cl)=C(Cl)C(=O)c2ccccc21. The second kappa shape index (κ2) is 8.14. The zero-order valence-electron chi connectivity index (χ0n) is 14.7. The molecule has 2 aromatic rings. The summed E-state index contributed by atoms with van der Waals surface area (Å²) in [6.07, 6.45) is 0.586. The van der Waals surface area contributed by atoms with Crippen molar-refractivity contribution in [1.82, 2.24) is 4.72 Å². The lowest BCUT2D eigenvalue weighted by Gasteiger charge is -2.38. The van der Waals surface area contributed by atoms with Crippen molar-refractivity contribution in [1.29, 1.82) is 0 Å². The Hall–Kier alpha value is -1.41. The van der Waals surface area contributed by atoms with Crippen molar-refractivity contribution in [3.8, 4) is 0 Å². The molecule has 9 heteroatoms. The van der Waals surface area contributed by atoms with Crippen LogP contribution >= 0.6 is 34.8 Å². The van der Waals surface area contributed by atoms with Gasteiger partial charge in [-0.3, -0.25) is 4.79 Å². The molecule has 0 bridgehead atoms. The molecule has 0 saturated carbocycles. The summed E-state index contributed by atoms with van der Waals surface area (Å²) in [5.74, 6) is -0.497. The van der Waals surface area contributed by atoms with E-state index in [1.54, 1.807) is 24.3 Å². The van der Waals surface area contributed by atoms with Crippen LogP contribution in [0.4, 0.5) is 0 Å². The Bertz CT molecular complexity index is 1050. The number of ether oxygens (including phenoxy) is 1. The van der Waals surface area contributed by atoms with Gasteiger partial charge in [-0.25, -0.2) is 8.42 Å². The molecule has 0 spiro atoms. The Labute approximate surface area is 178 Å². The quantitative estimate of drug-likeness (QED) is 0.630. The molecule has 148 valence electrons. The standard InChI is InChI=1S/C19H16Cl3NO4S/c1-2-11-27-19(23-28(25,26)13-9-7-12(20)8-10-13)15-6-4-3-5-14(15)17(24)16(21)18(19)22/h3-10,23H,2,11H2,1H3/t19-/m0/s1. The molecule has 3 rings (SSSR count). The van der Waals surface area contributed by atoms with Crippen LogP contribution in [0.1, 0.15) is 29.3 Å². The van der Waals surface area contributed by atoms with Crippen molar-refractivity contribution >= 4 is 50.6 Å². The van der Waals surface area contributed by atoms with Gasteiger partial charge in [-0.05, 0) is 30.7 Å². The Morgan fingerprint density at radius 3 is 2.32 bits per heavy atom. The highest BCUT2D eigenvalue weighted by Gasteiger charge is 2.48. The van der Waals surface area contributed by atoms with Crippen molar-refractivity contribution in [3.63, 3.8) is 0 Å². The van der Waals surface area contributed by atoms with Crippen LogP contribution in [0.25, 0.3) is 0 Å². The molecular formula is C19H16Cl3NO4S. The summed E-state index contributed by atoms with van der Waals surface area (Å²) in [6.45, 7) is 2.03. The molecule has 0 radical (unpaired) electrons. The topological polar surface area (TPSA) is 72.5 Å². The van der Waals surface area contributed by atoms with Gasteiger partial charge in [0.25, 0.3) is 0 Å². The summed E-state index contributed by atoms with van der Waals surface area (Å²) in [4.78, 5) is 12.5. The first-order valence-electron chi connectivity index (χ1n) is 8.36. The van der Waals surface area contributed by atoms with Crippen LogP contribution in [0.15, 0.2) is 63.5 Å². The predicted molar refractivity (Wildman–Crippen MR) is 109 cm³/mol. The van der Waals surface area contributed by atoms with Crippen LogP contribution in [-0.2, 0) is 20.5 Å². The van der Waals surface area contributed by atoms with Crippen molar-refractivity contribution in [2.24, 2.45) is 0 Å². The number of Topliss-reactive ketones (excluding diaryl/α,β-unsaturated/α-hetero) is 1. The number of halogens is 3. The van der Waals surface area contributed by atoms with Crippen molar-refractivity contribution in [3.05, 3.63) is 74.7 Å². The molecule has 5 nitrogen and oxygen atoms in total. The number of hydrogen-bond donors (Lipinski definition) is 1. The van der Waals surface area contributed by atoms with Gasteiger partial charge in [-0.15, -0.1) is 0 Å². The summed E-state index contributed by atoms with van der Waals surface area (Å²) >= 11 is 18.4. The Kier molecular flexibility index (Phi) is 6.20. The Morgan fingerprint density at radius 1 is 1.04 bits per heavy atom. The summed E-state index contributed by atoms with van der Waals surface area (Å²) in [7, 11) is -4.10. The van der Waals surface area contributed by atoms with E-state index in [0.717, 1.165) is 0 Å². The fourth-order valence-corrected chi connectivity index (χ4v) is 4.83. The zero-order valence-corrected chi connectivity index (χ0v) is 17.8. The maximum atomic E-state index is 13.1. The minimum atomic E-state index is -4.10. The lowest BCUT2D eigenvalue weighted by Crippen LogP contribution is -2.51. The van der Waals surface area contributed by atoms with Gasteiger partial charge in [0, 0.05) is 22.8 Å². The molecule has 0 fully saturated rings. The average Bonchev–Trinajstić information content (AvgIpc) is 2.69. The third-order valence-electron chi connectivity index (χ3n) is 4.18. The smallest absolute Gasteiger partial charge is 0.243 e. The molecule has 1 aliphatic carbocycles. The fourth-order valence-electron chi connectivity index (χ4n) is 2.87. The van der Waals surface area contributed by atoms with Gasteiger partial charge < -0.3 is 4.74 Å². The highest BCUT2D eigenvalue weighted by atomic mass is 35.5. The number of rotatable bonds is 6. The number of carbonyl (C=O) groups is 1. The normalized spacial score (nSPS) is 19.6. The molecule has 0 aliphatic heterocycles. The van der Waals surface area contributed by atoms with Crippen molar-refractivity contribution < 1.29 is 17.9 Å². The van der Waals surface area contributed by atoms with E-state index in [-0.39, 0.29) is 32.7 Å². The number of nitrogens with one attached hydrogen (secondary N) is 1. The van der Waals surface area contributed by atoms with Crippen molar-refractivity contribution in [2.75, 3.05) is 6.61 Å². The number of ketones is 1. The van der Waals surface area contributed by atoms with Gasteiger partial charge >= 0.3 is 0 Å². The first kappa shape index (κ1) is 21.3. The van der Waals surface area contributed by atoms with Gasteiger partial charge in [0.15, 0.2) is 5.72 Å². The van der Waals surface area contributed by atoms with Crippen molar-refractivity contribution in [2.45, 2.75) is 24.0 Å². The van der Waals surface area contributed by atoms with Gasteiger partial charge in [0.2, 0.25) is 15.8 Å². The highest BCUT2D eigenvalue weighted by Crippen LogP contribution is 2.44. The van der Waals surface area contributed by atoms with E-state index >= 15 is 0 Å². The second-order valence-electron chi connectivity index (χ2n) is 6.09. The Morgan fingerprint density at radius 2 is 1.68 bits per heavy atom. The number of benzene rings is 2. The molecule has 28 heavy (non-hydrogen) atoms. The summed E-state index contributed by atoms with van der Waals surface area (Å²) in [5, 5.41) is -0.135. The predicted octanol–water partition coefficient (Wildman–Crippen LogP) is 4.78. The molecule has 0 unspecified atom stereocenters. The minimum Gasteiger partial charge on any atom is -0.350 e. The molecule has 2 aromatic carbocycles. The molecule has 0 saturated heterocycles. The number of fused-ring (bicyclic) bond motifs is 1. The third-order valence-corrected chi connectivity index (χ3v) is 6.79. The molecule has 0 aromatic heterocycles. The minimum absolute atomic E-state index is 0.0358. The monoisotopic (exact) mass is 459 g/mol. The third kappa shape index (κ3) is 3.73. The highest BCUT2D eigenvalue weighted by molar-refractivity contribution is 7.89. The van der Waals surface area contributed by atoms with E-state index in [9.17, 15) is 13.2 Å². The lowest BCUT2D eigenvalue weighted by molar-refractivity contribution is -0.0264. The van der Waals surface area contributed by atoms with Gasteiger partial charge in [-0.1, -0.05) is 66.0 Å². The zero-order chi connectivity index (χ0) is 20.5. The largest absolute Gasteiger partial charge is 0.350 e. The van der Waals surface area contributed by atoms with Gasteiger partial charge in [0.05, 0.1) is 9.93 Å². The van der Waals surface area contributed by atoms with Gasteiger partial charge in [-0.2, -0.15) is 4.72 Å². The van der Waals surface area contributed by atoms with Crippen LogP contribution in [0.2, 0.25) is 5.02 Å². The van der Waals surface area contributed by atoms with E-state index in [1.165, 1.54) is 24.3 Å². The molecular weight excluding hydrogens is 445 g/mol. The molecule has 1 aliphatic rings. The van der Waals surface area contributed by atoms with E-state index in [2.05, 4.69) is 4.72 Å². The number of allylic oxidation sites excluding steroid dienone is 1. The number of sulfonamides is 1. The molecule has 0 heterocycles.